The Bertz CT molecular complexity index is 687. The molecule has 6 nitrogen and oxygen atoms in total. The first-order valence-electron chi connectivity index (χ1n) is 8.70. The summed E-state index contributed by atoms with van der Waals surface area (Å²) in [6.45, 7) is 1.40. The minimum absolute atomic E-state index is 0.182. The van der Waals surface area contributed by atoms with Gasteiger partial charge in [-0.1, -0.05) is 12.1 Å². The van der Waals surface area contributed by atoms with Crippen molar-refractivity contribution in [2.45, 2.75) is 50.9 Å². The first kappa shape index (κ1) is 17.6. The van der Waals surface area contributed by atoms with Gasteiger partial charge < -0.3 is 14.9 Å². The van der Waals surface area contributed by atoms with E-state index in [4.69, 9.17) is 4.74 Å². The zero-order valence-electron chi connectivity index (χ0n) is 14.5. The minimum atomic E-state index is -0.182. The van der Waals surface area contributed by atoms with Crippen LogP contribution in [0.3, 0.4) is 0 Å². The number of rotatable bonds is 6. The molecule has 1 aromatic heterocycles. The third kappa shape index (κ3) is 4.90. The Labute approximate surface area is 148 Å². The van der Waals surface area contributed by atoms with Crippen LogP contribution in [-0.2, 0) is 13.1 Å². The number of benzene rings is 1. The molecule has 1 saturated carbocycles. The number of aliphatic hydroxyl groups excluding tert-OH is 1. The molecule has 134 valence electrons. The van der Waals surface area contributed by atoms with Crippen molar-refractivity contribution in [3.63, 3.8) is 0 Å². The van der Waals surface area contributed by atoms with Crippen LogP contribution in [0.1, 0.15) is 36.9 Å². The highest BCUT2D eigenvalue weighted by Crippen LogP contribution is 2.26. The van der Waals surface area contributed by atoms with Crippen LogP contribution in [0.15, 0.2) is 36.5 Å². The summed E-state index contributed by atoms with van der Waals surface area (Å²) in [7, 11) is 1.56. The maximum atomic E-state index is 9.80. The monoisotopic (exact) mass is 343 g/mol. The summed E-state index contributed by atoms with van der Waals surface area (Å²) in [5.74, 6) is 0.278. The lowest BCUT2D eigenvalue weighted by Gasteiger charge is -2.35. The zero-order chi connectivity index (χ0) is 17.6. The average Bonchev–Trinajstić information content (AvgIpc) is 2.62. The Balaban J connectivity index is 1.78. The number of aromatic hydroxyl groups is 1. The van der Waals surface area contributed by atoms with Gasteiger partial charge in [-0.2, -0.15) is 4.98 Å². The Hall–Kier alpha value is -2.18. The van der Waals surface area contributed by atoms with E-state index in [2.05, 4.69) is 14.9 Å². The van der Waals surface area contributed by atoms with E-state index in [1.165, 1.54) is 0 Å². The highest BCUT2D eigenvalue weighted by molar-refractivity contribution is 5.27. The molecule has 0 bridgehead atoms. The van der Waals surface area contributed by atoms with Gasteiger partial charge in [-0.25, -0.2) is 4.98 Å². The molecule has 0 amide bonds. The topological polar surface area (TPSA) is 78.7 Å². The predicted molar refractivity (Wildman–Crippen MR) is 94.2 cm³/mol. The van der Waals surface area contributed by atoms with Gasteiger partial charge >= 0.3 is 6.01 Å². The summed E-state index contributed by atoms with van der Waals surface area (Å²) >= 11 is 0. The lowest BCUT2D eigenvalue weighted by atomic mass is 9.91. The van der Waals surface area contributed by atoms with Crippen LogP contribution in [0.4, 0.5) is 0 Å². The van der Waals surface area contributed by atoms with Gasteiger partial charge in [-0.3, -0.25) is 4.90 Å². The van der Waals surface area contributed by atoms with Crippen LogP contribution >= 0.6 is 0 Å². The highest BCUT2D eigenvalue weighted by Gasteiger charge is 2.25. The van der Waals surface area contributed by atoms with Crippen LogP contribution in [-0.4, -0.2) is 44.3 Å². The lowest BCUT2D eigenvalue weighted by molar-refractivity contribution is 0.0659. The third-order valence-electron chi connectivity index (χ3n) is 4.72. The normalized spacial score (nSPS) is 20.6. The molecular formula is C19H25N3O3. The smallest absolute Gasteiger partial charge is 0.316 e. The number of phenolic OH excluding ortho intramolecular Hbond substituents is 1. The summed E-state index contributed by atoms with van der Waals surface area (Å²) in [5.41, 5.74) is 1.96. The first-order valence-corrected chi connectivity index (χ1v) is 8.70. The van der Waals surface area contributed by atoms with Crippen molar-refractivity contribution >= 4 is 0 Å². The van der Waals surface area contributed by atoms with Gasteiger partial charge in [0.1, 0.15) is 5.75 Å². The van der Waals surface area contributed by atoms with Gasteiger partial charge in [0.25, 0.3) is 0 Å². The summed E-state index contributed by atoms with van der Waals surface area (Å²) in [4.78, 5) is 10.9. The molecule has 0 radical (unpaired) electrons. The van der Waals surface area contributed by atoms with Gasteiger partial charge in [0, 0.05) is 25.3 Å². The van der Waals surface area contributed by atoms with E-state index in [1.54, 1.807) is 25.4 Å². The Kier molecular flexibility index (Phi) is 5.83. The van der Waals surface area contributed by atoms with E-state index in [-0.39, 0.29) is 11.9 Å². The largest absolute Gasteiger partial charge is 0.508 e. The molecule has 0 spiro atoms. The zero-order valence-corrected chi connectivity index (χ0v) is 14.5. The quantitative estimate of drug-likeness (QED) is 0.839. The van der Waals surface area contributed by atoms with Gasteiger partial charge in [0.2, 0.25) is 0 Å². The molecule has 3 rings (SSSR count). The van der Waals surface area contributed by atoms with E-state index >= 15 is 0 Å². The van der Waals surface area contributed by atoms with Crippen LogP contribution in [0.25, 0.3) is 0 Å². The van der Waals surface area contributed by atoms with Crippen molar-refractivity contribution in [1.29, 1.82) is 0 Å². The van der Waals surface area contributed by atoms with Crippen molar-refractivity contribution in [1.82, 2.24) is 14.9 Å². The van der Waals surface area contributed by atoms with Crippen LogP contribution in [0, 0.1) is 0 Å². The second-order valence-electron chi connectivity index (χ2n) is 6.57. The number of aromatic nitrogens is 2. The van der Waals surface area contributed by atoms with Crippen LogP contribution in [0.2, 0.25) is 0 Å². The van der Waals surface area contributed by atoms with Gasteiger partial charge in [-0.05, 0) is 49.4 Å². The number of aliphatic hydroxyl groups is 1. The second kappa shape index (κ2) is 8.27. The molecule has 1 aromatic carbocycles. The summed E-state index contributed by atoms with van der Waals surface area (Å²) in [6.07, 6.45) is 5.10. The molecule has 1 heterocycles. The van der Waals surface area contributed by atoms with Crippen molar-refractivity contribution in [2.75, 3.05) is 7.11 Å². The molecule has 0 unspecified atom stereocenters. The maximum absolute atomic E-state index is 9.80. The molecular weight excluding hydrogens is 318 g/mol. The molecule has 2 N–H and O–H groups in total. The molecule has 2 aromatic rings. The van der Waals surface area contributed by atoms with Crippen molar-refractivity contribution in [3.05, 3.63) is 47.8 Å². The molecule has 6 heteroatoms. The Morgan fingerprint density at radius 1 is 1.16 bits per heavy atom. The van der Waals surface area contributed by atoms with Gasteiger partial charge in [0.05, 0.1) is 18.9 Å². The molecule has 0 aliphatic heterocycles. The number of methoxy groups -OCH3 is 1. The number of phenols is 1. The van der Waals surface area contributed by atoms with Crippen LogP contribution in [0.5, 0.6) is 11.8 Å². The number of nitrogens with zero attached hydrogens (tertiary/aromatic N) is 3. The standard InChI is InChI=1S/C19H25N3O3/c1-25-19-20-10-9-15(21-19)13-22(16-5-7-17(23)8-6-16)12-14-3-2-4-18(24)11-14/h2-4,9-11,16-17,23-24H,5-8,12-13H2,1H3. The molecule has 0 atom stereocenters. The molecule has 25 heavy (non-hydrogen) atoms. The molecule has 0 saturated heterocycles. The number of ether oxygens (including phenoxy) is 1. The number of hydrogen-bond acceptors (Lipinski definition) is 6. The van der Waals surface area contributed by atoms with Gasteiger partial charge in [-0.15, -0.1) is 0 Å². The highest BCUT2D eigenvalue weighted by atomic mass is 16.5. The molecule has 1 fully saturated rings. The number of hydrogen-bond donors (Lipinski definition) is 2. The molecule has 1 aliphatic carbocycles. The fourth-order valence-corrected chi connectivity index (χ4v) is 3.40. The third-order valence-corrected chi connectivity index (χ3v) is 4.72. The first-order chi connectivity index (χ1) is 12.1. The van der Waals surface area contributed by atoms with E-state index in [0.717, 1.165) is 43.5 Å². The maximum Gasteiger partial charge on any atom is 0.316 e. The fourth-order valence-electron chi connectivity index (χ4n) is 3.40. The summed E-state index contributed by atoms with van der Waals surface area (Å²) in [5, 5.41) is 19.5. The summed E-state index contributed by atoms with van der Waals surface area (Å²) in [6, 6.07) is 10.0. The van der Waals surface area contributed by atoms with Crippen molar-refractivity contribution in [3.8, 4) is 11.8 Å². The Morgan fingerprint density at radius 2 is 1.96 bits per heavy atom. The lowest BCUT2D eigenvalue weighted by Crippen LogP contribution is -2.38. The Morgan fingerprint density at radius 3 is 2.68 bits per heavy atom. The van der Waals surface area contributed by atoms with E-state index < -0.39 is 0 Å². The fraction of sp³-hybridized carbons (Fsp3) is 0.474. The van der Waals surface area contributed by atoms with Gasteiger partial charge in [0.15, 0.2) is 0 Å². The van der Waals surface area contributed by atoms with E-state index in [1.807, 2.05) is 18.2 Å². The second-order valence-corrected chi connectivity index (χ2v) is 6.57. The summed E-state index contributed by atoms with van der Waals surface area (Å²) < 4.78 is 5.12. The van der Waals surface area contributed by atoms with Crippen LogP contribution < -0.4 is 4.74 Å². The van der Waals surface area contributed by atoms with Crippen molar-refractivity contribution in [2.24, 2.45) is 0 Å². The average molecular weight is 343 g/mol. The minimum Gasteiger partial charge on any atom is -0.508 e. The van der Waals surface area contributed by atoms with Crippen molar-refractivity contribution < 1.29 is 14.9 Å². The van der Waals surface area contributed by atoms with E-state index in [0.29, 0.717) is 18.6 Å². The molecule has 1 aliphatic rings. The SMILES string of the molecule is COc1nccc(CN(Cc2cccc(O)c2)C2CCC(O)CC2)n1. The predicted octanol–water partition coefficient (Wildman–Crippen LogP) is 2.50. The van der Waals surface area contributed by atoms with E-state index in [9.17, 15) is 10.2 Å².